The number of aryl methyl sites for hydroxylation is 2. The lowest BCUT2D eigenvalue weighted by atomic mass is 10.2. The number of fused-ring (bicyclic) bond motifs is 1. The van der Waals surface area contributed by atoms with Gasteiger partial charge < -0.3 is 4.57 Å². The Balaban J connectivity index is 1.61. The minimum absolute atomic E-state index is 0.0152. The molecule has 7 heteroatoms. The zero-order valence-corrected chi connectivity index (χ0v) is 16.0. The summed E-state index contributed by atoms with van der Waals surface area (Å²) < 4.78 is 3.13. The maximum atomic E-state index is 13.0. The number of rotatable bonds is 6. The molecule has 0 aliphatic heterocycles. The second kappa shape index (κ2) is 7.39. The second-order valence-corrected chi connectivity index (χ2v) is 8.01. The van der Waals surface area contributed by atoms with E-state index in [0.717, 1.165) is 33.2 Å². The summed E-state index contributed by atoms with van der Waals surface area (Å²) in [6.45, 7) is 3.50. The highest BCUT2D eigenvalue weighted by Crippen LogP contribution is 2.31. The minimum Gasteiger partial charge on any atom is -0.337 e. The predicted molar refractivity (Wildman–Crippen MR) is 107 cm³/mol. The zero-order chi connectivity index (χ0) is 17.9. The van der Waals surface area contributed by atoms with Gasteiger partial charge in [0.05, 0.1) is 21.4 Å². The Morgan fingerprint density at radius 2 is 2.23 bits per heavy atom. The molecule has 26 heavy (non-hydrogen) atoms. The van der Waals surface area contributed by atoms with Crippen molar-refractivity contribution in [3.05, 3.63) is 64.9 Å². The largest absolute Gasteiger partial charge is 0.337 e. The fourth-order valence-corrected chi connectivity index (χ4v) is 4.54. The van der Waals surface area contributed by atoms with E-state index in [1.165, 1.54) is 16.9 Å². The number of thiazole rings is 1. The van der Waals surface area contributed by atoms with Crippen LogP contribution in [-0.2, 0) is 6.54 Å². The number of hydrogen-bond donors (Lipinski definition) is 0. The molecule has 0 aliphatic carbocycles. The van der Waals surface area contributed by atoms with E-state index in [9.17, 15) is 4.79 Å². The van der Waals surface area contributed by atoms with Crippen molar-refractivity contribution in [3.63, 3.8) is 0 Å². The fraction of sp³-hybridized carbons (Fsp3) is 0.211. The van der Waals surface area contributed by atoms with E-state index in [1.54, 1.807) is 23.9 Å². The number of benzene rings is 1. The Bertz CT molecular complexity index is 1010. The van der Waals surface area contributed by atoms with E-state index in [2.05, 4.69) is 24.0 Å². The van der Waals surface area contributed by atoms with Crippen LogP contribution in [-0.4, -0.2) is 27.0 Å². The summed E-state index contributed by atoms with van der Waals surface area (Å²) in [5.41, 5.74) is 2.14. The summed E-state index contributed by atoms with van der Waals surface area (Å²) in [6.07, 6.45) is 6.34. The molecule has 0 unspecified atom stereocenters. The Hall–Kier alpha value is -2.51. The molecule has 4 rings (SSSR count). The van der Waals surface area contributed by atoms with Crippen LogP contribution >= 0.6 is 22.7 Å². The van der Waals surface area contributed by atoms with E-state index in [4.69, 9.17) is 4.98 Å². The van der Waals surface area contributed by atoms with Gasteiger partial charge in [-0.05, 0) is 42.5 Å². The lowest BCUT2D eigenvalue weighted by Gasteiger charge is -2.19. The maximum absolute atomic E-state index is 13.0. The van der Waals surface area contributed by atoms with Gasteiger partial charge in [-0.2, -0.15) is 0 Å². The smallest absolute Gasteiger partial charge is 0.270 e. The van der Waals surface area contributed by atoms with E-state index >= 15 is 0 Å². The summed E-state index contributed by atoms with van der Waals surface area (Å²) in [4.78, 5) is 24.3. The molecule has 0 spiro atoms. The highest BCUT2D eigenvalue weighted by atomic mass is 32.1. The summed E-state index contributed by atoms with van der Waals surface area (Å²) in [5.74, 6) is 0.0152. The molecule has 0 bridgehead atoms. The van der Waals surface area contributed by atoms with Gasteiger partial charge in [0.25, 0.3) is 5.91 Å². The number of amides is 1. The number of aromatic nitrogens is 3. The molecule has 5 nitrogen and oxygen atoms in total. The standard InChI is InChI=1S/C19H18N4OS2/c1-14-5-6-15-17(12-14)26-19(21-15)23(18(24)16-4-2-11-25-16)9-3-8-22-10-7-20-13-22/h2,4-7,10-13H,3,8-9H2,1H3. The molecule has 0 saturated carbocycles. The summed E-state index contributed by atoms with van der Waals surface area (Å²) >= 11 is 3.04. The number of imidazole rings is 1. The average Bonchev–Trinajstić information content (AvgIpc) is 3.38. The van der Waals surface area contributed by atoms with Gasteiger partial charge in [-0.15, -0.1) is 11.3 Å². The molecular weight excluding hydrogens is 364 g/mol. The molecule has 0 radical (unpaired) electrons. The van der Waals surface area contributed by atoms with Gasteiger partial charge in [0.2, 0.25) is 0 Å². The number of carbonyl (C=O) groups is 1. The lowest BCUT2D eigenvalue weighted by molar-refractivity contribution is 0.0990. The van der Waals surface area contributed by atoms with Crippen molar-refractivity contribution in [2.24, 2.45) is 0 Å². The second-order valence-electron chi connectivity index (χ2n) is 6.06. The van der Waals surface area contributed by atoms with Gasteiger partial charge in [0.15, 0.2) is 5.13 Å². The minimum atomic E-state index is 0.0152. The monoisotopic (exact) mass is 382 g/mol. The van der Waals surface area contributed by atoms with Crippen molar-refractivity contribution in [3.8, 4) is 0 Å². The Morgan fingerprint density at radius 3 is 3.00 bits per heavy atom. The van der Waals surface area contributed by atoms with Gasteiger partial charge in [0, 0.05) is 25.5 Å². The van der Waals surface area contributed by atoms with Gasteiger partial charge in [-0.1, -0.05) is 23.5 Å². The molecule has 3 aromatic heterocycles. The number of hydrogen-bond acceptors (Lipinski definition) is 5. The Kier molecular flexibility index (Phi) is 4.81. The topological polar surface area (TPSA) is 51.0 Å². The molecule has 0 aliphatic rings. The molecule has 132 valence electrons. The first-order chi connectivity index (χ1) is 12.7. The molecule has 1 aromatic carbocycles. The fourth-order valence-electron chi connectivity index (χ4n) is 2.78. The van der Waals surface area contributed by atoms with Crippen molar-refractivity contribution in [1.82, 2.24) is 14.5 Å². The highest BCUT2D eigenvalue weighted by Gasteiger charge is 2.21. The average molecular weight is 383 g/mol. The van der Waals surface area contributed by atoms with Gasteiger partial charge in [0.1, 0.15) is 0 Å². The van der Waals surface area contributed by atoms with E-state index in [1.807, 2.05) is 39.2 Å². The Labute approximate surface area is 159 Å². The number of thiophene rings is 1. The molecular formula is C19H18N4OS2. The van der Waals surface area contributed by atoms with E-state index in [-0.39, 0.29) is 5.91 Å². The van der Waals surface area contributed by atoms with Crippen LogP contribution in [0.4, 0.5) is 5.13 Å². The van der Waals surface area contributed by atoms with Crippen molar-refractivity contribution in [1.29, 1.82) is 0 Å². The summed E-state index contributed by atoms with van der Waals surface area (Å²) in [7, 11) is 0. The quantitative estimate of drug-likeness (QED) is 0.490. The van der Waals surface area contributed by atoms with Crippen LogP contribution in [0.1, 0.15) is 21.7 Å². The van der Waals surface area contributed by atoms with Crippen LogP contribution in [0.25, 0.3) is 10.2 Å². The highest BCUT2D eigenvalue weighted by molar-refractivity contribution is 7.22. The van der Waals surface area contributed by atoms with Gasteiger partial charge in [-0.25, -0.2) is 9.97 Å². The Morgan fingerprint density at radius 1 is 1.31 bits per heavy atom. The third kappa shape index (κ3) is 3.54. The molecule has 4 aromatic rings. The predicted octanol–water partition coefficient (Wildman–Crippen LogP) is 4.60. The molecule has 1 amide bonds. The molecule has 0 saturated heterocycles. The van der Waals surface area contributed by atoms with E-state index < -0.39 is 0 Å². The first-order valence-electron chi connectivity index (χ1n) is 8.39. The van der Waals surface area contributed by atoms with Crippen LogP contribution in [0.2, 0.25) is 0 Å². The van der Waals surface area contributed by atoms with Crippen LogP contribution in [0.5, 0.6) is 0 Å². The first kappa shape index (κ1) is 16.9. The van der Waals surface area contributed by atoms with Crippen molar-refractivity contribution < 1.29 is 4.79 Å². The SMILES string of the molecule is Cc1ccc2nc(N(CCCn3ccnc3)C(=O)c3cccs3)sc2c1. The third-order valence-electron chi connectivity index (χ3n) is 4.10. The van der Waals surface area contributed by atoms with Crippen LogP contribution in [0.15, 0.2) is 54.4 Å². The first-order valence-corrected chi connectivity index (χ1v) is 10.1. The van der Waals surface area contributed by atoms with Crippen molar-refractivity contribution in [2.45, 2.75) is 19.9 Å². The zero-order valence-electron chi connectivity index (χ0n) is 14.3. The number of nitrogens with zero attached hydrogens (tertiary/aromatic N) is 4. The van der Waals surface area contributed by atoms with Gasteiger partial charge >= 0.3 is 0 Å². The summed E-state index contributed by atoms with van der Waals surface area (Å²) in [5, 5.41) is 2.69. The molecule has 3 heterocycles. The van der Waals surface area contributed by atoms with Crippen LogP contribution in [0.3, 0.4) is 0 Å². The lowest BCUT2D eigenvalue weighted by Crippen LogP contribution is -2.31. The maximum Gasteiger partial charge on any atom is 0.270 e. The van der Waals surface area contributed by atoms with Crippen molar-refractivity contribution >= 4 is 43.9 Å². The summed E-state index contributed by atoms with van der Waals surface area (Å²) in [6, 6.07) is 9.96. The van der Waals surface area contributed by atoms with Crippen molar-refractivity contribution in [2.75, 3.05) is 11.4 Å². The van der Waals surface area contributed by atoms with Crippen LogP contribution in [0, 0.1) is 6.92 Å². The molecule has 0 fully saturated rings. The normalized spacial score (nSPS) is 11.1. The van der Waals surface area contributed by atoms with Gasteiger partial charge in [-0.3, -0.25) is 9.69 Å². The third-order valence-corrected chi connectivity index (χ3v) is 6.00. The van der Waals surface area contributed by atoms with E-state index in [0.29, 0.717) is 6.54 Å². The van der Waals surface area contributed by atoms with Crippen LogP contribution < -0.4 is 4.90 Å². The number of anilines is 1. The number of carbonyl (C=O) groups excluding carboxylic acids is 1. The molecule has 0 N–H and O–H groups in total. The molecule has 0 atom stereocenters.